The molecule has 2 aliphatic carbocycles. The number of nitrogens with one attached hydrogen (secondary N) is 1. The van der Waals surface area contributed by atoms with Crippen LogP contribution in [0.1, 0.15) is 106 Å². The van der Waals surface area contributed by atoms with Gasteiger partial charge >= 0.3 is 0 Å². The molecule has 2 aliphatic rings. The zero-order valence-corrected chi connectivity index (χ0v) is 21.8. The minimum absolute atomic E-state index is 0.0134. The second-order valence-corrected chi connectivity index (χ2v) is 11.2. The standard InChI is InChI=1S/C28H40N6O/c1-18(2)26(27-30-31-32-34(27)24-12-8-9-13-24)33(23-10-6-5-7-11-23)17-22-16-21-14-19(3)20(4)15-25(21)29-28(22)35/h14-16,18,23-24,26H,5-13,17H2,1-4H3,(H,29,35). The lowest BCUT2D eigenvalue weighted by Crippen LogP contribution is -2.43. The number of aryl methyl sites for hydroxylation is 2. The van der Waals surface area contributed by atoms with Gasteiger partial charge in [0.15, 0.2) is 5.82 Å². The SMILES string of the molecule is Cc1cc2cc(CN(C3CCCCC3)C(c3nnnn3C3CCCC3)C(C)C)c(=O)[nH]c2cc1C. The molecule has 2 aromatic heterocycles. The molecule has 0 spiro atoms. The number of aromatic amines is 1. The second-order valence-electron chi connectivity index (χ2n) is 11.2. The highest BCUT2D eigenvalue weighted by atomic mass is 16.1. The van der Waals surface area contributed by atoms with Crippen molar-refractivity contribution in [1.29, 1.82) is 0 Å². The summed E-state index contributed by atoms with van der Waals surface area (Å²) >= 11 is 0. The molecule has 2 saturated carbocycles. The number of hydrogen-bond donors (Lipinski definition) is 1. The Bertz CT molecular complexity index is 1220. The predicted molar refractivity (Wildman–Crippen MR) is 139 cm³/mol. The van der Waals surface area contributed by atoms with Crippen molar-refractivity contribution in [3.8, 4) is 0 Å². The zero-order valence-electron chi connectivity index (χ0n) is 21.8. The summed E-state index contributed by atoms with van der Waals surface area (Å²) in [6.45, 7) is 9.37. The van der Waals surface area contributed by atoms with Crippen LogP contribution in [0.15, 0.2) is 23.0 Å². The average Bonchev–Trinajstić information content (AvgIpc) is 3.53. The van der Waals surface area contributed by atoms with Crippen LogP contribution in [0.5, 0.6) is 0 Å². The first kappa shape index (κ1) is 24.2. The molecule has 1 unspecified atom stereocenters. The van der Waals surface area contributed by atoms with Crippen LogP contribution in [0.3, 0.4) is 0 Å². The highest BCUT2D eigenvalue weighted by molar-refractivity contribution is 5.80. The van der Waals surface area contributed by atoms with Crippen molar-refractivity contribution in [1.82, 2.24) is 30.1 Å². The number of hydrogen-bond acceptors (Lipinski definition) is 5. The first-order valence-electron chi connectivity index (χ1n) is 13.6. The van der Waals surface area contributed by atoms with E-state index in [9.17, 15) is 4.79 Å². The zero-order chi connectivity index (χ0) is 24.5. The minimum atomic E-state index is 0.0134. The van der Waals surface area contributed by atoms with Crippen molar-refractivity contribution in [2.45, 2.75) is 110 Å². The van der Waals surface area contributed by atoms with E-state index in [0.717, 1.165) is 48.0 Å². The van der Waals surface area contributed by atoms with E-state index < -0.39 is 0 Å². The first-order valence-corrected chi connectivity index (χ1v) is 13.6. The summed E-state index contributed by atoms with van der Waals surface area (Å²) < 4.78 is 2.12. The Morgan fingerprint density at radius 1 is 1.00 bits per heavy atom. The van der Waals surface area contributed by atoms with E-state index in [-0.39, 0.29) is 11.6 Å². The van der Waals surface area contributed by atoms with Crippen LogP contribution in [0, 0.1) is 19.8 Å². The van der Waals surface area contributed by atoms with E-state index in [1.807, 2.05) is 0 Å². The van der Waals surface area contributed by atoms with Gasteiger partial charge in [-0.15, -0.1) is 5.10 Å². The van der Waals surface area contributed by atoms with Gasteiger partial charge in [0.2, 0.25) is 0 Å². The first-order chi connectivity index (χ1) is 16.9. The Labute approximate surface area is 208 Å². The molecule has 3 aromatic rings. The van der Waals surface area contributed by atoms with Crippen LogP contribution >= 0.6 is 0 Å². The van der Waals surface area contributed by atoms with Gasteiger partial charge in [-0.25, -0.2) is 4.68 Å². The van der Waals surface area contributed by atoms with Gasteiger partial charge in [0.1, 0.15) is 0 Å². The summed E-state index contributed by atoms with van der Waals surface area (Å²) in [5.41, 5.74) is 4.20. The topological polar surface area (TPSA) is 79.7 Å². The minimum Gasteiger partial charge on any atom is -0.322 e. The van der Waals surface area contributed by atoms with Gasteiger partial charge in [0.25, 0.3) is 5.56 Å². The monoisotopic (exact) mass is 476 g/mol. The molecule has 1 N–H and O–H groups in total. The van der Waals surface area contributed by atoms with E-state index in [1.165, 1.54) is 43.2 Å². The molecule has 5 rings (SSSR count). The van der Waals surface area contributed by atoms with Crippen LogP contribution in [0.25, 0.3) is 10.9 Å². The average molecular weight is 477 g/mol. The summed E-state index contributed by atoms with van der Waals surface area (Å²) in [6.07, 6.45) is 10.9. The van der Waals surface area contributed by atoms with Crippen molar-refractivity contribution in [2.24, 2.45) is 5.92 Å². The summed E-state index contributed by atoms with van der Waals surface area (Å²) in [5, 5.41) is 14.3. The summed E-state index contributed by atoms with van der Waals surface area (Å²) in [5.74, 6) is 1.30. The summed E-state index contributed by atoms with van der Waals surface area (Å²) in [4.78, 5) is 19.0. The van der Waals surface area contributed by atoms with Crippen molar-refractivity contribution >= 4 is 10.9 Å². The highest BCUT2D eigenvalue weighted by Gasteiger charge is 2.36. The van der Waals surface area contributed by atoms with Gasteiger partial charge in [-0.1, -0.05) is 46.0 Å². The maximum absolute atomic E-state index is 13.3. The summed E-state index contributed by atoms with van der Waals surface area (Å²) in [7, 11) is 0. The lowest BCUT2D eigenvalue weighted by molar-refractivity contribution is 0.0598. The van der Waals surface area contributed by atoms with Crippen molar-refractivity contribution in [3.63, 3.8) is 0 Å². The normalized spacial score (nSPS) is 18.8. The molecule has 0 bridgehead atoms. The molecule has 7 heteroatoms. The third-order valence-corrected chi connectivity index (χ3v) is 8.37. The fourth-order valence-corrected chi connectivity index (χ4v) is 6.34. The number of tetrazole rings is 1. The largest absolute Gasteiger partial charge is 0.322 e. The molecule has 0 amide bonds. The lowest BCUT2D eigenvalue weighted by atomic mass is 9.90. The van der Waals surface area contributed by atoms with E-state index in [1.54, 1.807) is 0 Å². The number of benzene rings is 1. The quantitative estimate of drug-likeness (QED) is 0.468. The Kier molecular flexibility index (Phi) is 7.05. The van der Waals surface area contributed by atoms with Gasteiger partial charge in [-0.2, -0.15) is 0 Å². The molecular weight excluding hydrogens is 436 g/mol. The molecule has 2 heterocycles. The predicted octanol–water partition coefficient (Wildman–Crippen LogP) is 5.78. The van der Waals surface area contributed by atoms with Crippen LogP contribution in [-0.4, -0.2) is 36.1 Å². The van der Waals surface area contributed by atoms with Crippen LogP contribution in [0.2, 0.25) is 0 Å². The molecule has 35 heavy (non-hydrogen) atoms. The second kappa shape index (κ2) is 10.2. The van der Waals surface area contributed by atoms with Crippen LogP contribution in [0.4, 0.5) is 0 Å². The number of aromatic nitrogens is 5. The van der Waals surface area contributed by atoms with E-state index in [2.05, 4.69) is 76.0 Å². The van der Waals surface area contributed by atoms with Gasteiger partial charge in [-0.3, -0.25) is 9.69 Å². The van der Waals surface area contributed by atoms with Crippen molar-refractivity contribution < 1.29 is 0 Å². The number of H-pyrrole nitrogens is 1. The number of fused-ring (bicyclic) bond motifs is 1. The summed E-state index contributed by atoms with van der Waals surface area (Å²) in [6, 6.07) is 7.28. The van der Waals surface area contributed by atoms with Gasteiger partial charge in [0.05, 0.1) is 12.1 Å². The molecule has 2 fully saturated rings. The Balaban J connectivity index is 1.56. The van der Waals surface area contributed by atoms with Gasteiger partial charge in [0, 0.05) is 23.7 Å². The van der Waals surface area contributed by atoms with E-state index >= 15 is 0 Å². The molecular formula is C28H40N6O. The van der Waals surface area contributed by atoms with Gasteiger partial charge < -0.3 is 4.98 Å². The third kappa shape index (κ3) is 4.92. The van der Waals surface area contributed by atoms with E-state index in [4.69, 9.17) is 0 Å². The Hall–Kier alpha value is -2.54. The molecule has 0 saturated heterocycles. The van der Waals surface area contributed by atoms with Crippen LogP contribution < -0.4 is 5.56 Å². The van der Waals surface area contributed by atoms with Gasteiger partial charge in [-0.05, 0) is 90.6 Å². The van der Waals surface area contributed by atoms with Crippen LogP contribution in [-0.2, 0) is 6.54 Å². The number of rotatable bonds is 7. The number of pyridine rings is 1. The maximum atomic E-state index is 13.3. The Morgan fingerprint density at radius 2 is 1.69 bits per heavy atom. The van der Waals surface area contributed by atoms with Crippen molar-refractivity contribution in [3.05, 3.63) is 51.1 Å². The third-order valence-electron chi connectivity index (χ3n) is 8.37. The fraction of sp³-hybridized carbons (Fsp3) is 0.643. The van der Waals surface area contributed by atoms with E-state index in [0.29, 0.717) is 24.5 Å². The maximum Gasteiger partial charge on any atom is 0.252 e. The lowest BCUT2D eigenvalue weighted by Gasteiger charge is -2.41. The molecule has 0 aliphatic heterocycles. The fourth-order valence-electron chi connectivity index (χ4n) is 6.34. The molecule has 0 radical (unpaired) electrons. The van der Waals surface area contributed by atoms with Crippen molar-refractivity contribution in [2.75, 3.05) is 0 Å². The molecule has 7 nitrogen and oxygen atoms in total. The molecule has 188 valence electrons. The number of nitrogens with zero attached hydrogens (tertiary/aromatic N) is 5. The molecule has 1 atom stereocenters. The smallest absolute Gasteiger partial charge is 0.252 e. The Morgan fingerprint density at radius 3 is 2.40 bits per heavy atom. The highest BCUT2D eigenvalue weighted by Crippen LogP contribution is 2.38. The molecule has 1 aromatic carbocycles.